The average Bonchev–Trinajstić information content (AvgIpc) is 2.28. The van der Waals surface area contributed by atoms with E-state index in [-0.39, 0.29) is 17.2 Å². The molecule has 0 amide bonds. The maximum absolute atomic E-state index is 10.5. The maximum Gasteiger partial charge on any atom is 0.269 e. The summed E-state index contributed by atoms with van der Waals surface area (Å²) in [7, 11) is 0. The molecular formula is C14H21NO3. The van der Waals surface area contributed by atoms with E-state index in [2.05, 4.69) is 0 Å². The van der Waals surface area contributed by atoms with E-state index in [1.54, 1.807) is 12.1 Å². The van der Waals surface area contributed by atoms with Crippen LogP contribution in [0.2, 0.25) is 0 Å². The van der Waals surface area contributed by atoms with Crippen LogP contribution in [-0.4, -0.2) is 16.1 Å². The molecule has 18 heavy (non-hydrogen) atoms. The lowest BCUT2D eigenvalue weighted by Gasteiger charge is -2.25. The van der Waals surface area contributed by atoms with Crippen LogP contribution >= 0.6 is 0 Å². The molecule has 100 valence electrons. The Morgan fingerprint density at radius 3 is 2.28 bits per heavy atom. The highest BCUT2D eigenvalue weighted by Crippen LogP contribution is 2.23. The lowest BCUT2D eigenvalue weighted by molar-refractivity contribution is -0.384. The SMILES string of the molecule is CC(C)(C)C(O)CCCc1ccc([N+](=O)[O-])cc1. The second-order valence-corrected chi connectivity index (χ2v) is 5.70. The Hall–Kier alpha value is -1.42. The van der Waals surface area contributed by atoms with Gasteiger partial charge in [-0.3, -0.25) is 10.1 Å². The van der Waals surface area contributed by atoms with Gasteiger partial charge < -0.3 is 5.11 Å². The number of aliphatic hydroxyl groups is 1. The first-order chi connectivity index (χ1) is 8.30. The zero-order valence-electron chi connectivity index (χ0n) is 11.2. The molecule has 1 aromatic carbocycles. The van der Waals surface area contributed by atoms with Crippen molar-refractivity contribution < 1.29 is 10.0 Å². The van der Waals surface area contributed by atoms with Crippen molar-refractivity contribution in [3.63, 3.8) is 0 Å². The van der Waals surface area contributed by atoms with Crippen LogP contribution in [0.3, 0.4) is 0 Å². The van der Waals surface area contributed by atoms with Crippen LogP contribution in [0.15, 0.2) is 24.3 Å². The van der Waals surface area contributed by atoms with Crippen molar-refractivity contribution in [2.75, 3.05) is 0 Å². The summed E-state index contributed by atoms with van der Waals surface area (Å²) in [6.45, 7) is 6.05. The number of hydrogen-bond donors (Lipinski definition) is 1. The number of hydrogen-bond acceptors (Lipinski definition) is 3. The average molecular weight is 251 g/mol. The summed E-state index contributed by atoms with van der Waals surface area (Å²) in [5, 5.41) is 20.4. The standard InChI is InChI=1S/C14H21NO3/c1-14(2,3)13(16)6-4-5-11-7-9-12(10-8-11)15(17)18/h7-10,13,16H,4-6H2,1-3H3. The van der Waals surface area contributed by atoms with Gasteiger partial charge in [0.15, 0.2) is 0 Å². The molecule has 0 radical (unpaired) electrons. The van der Waals surface area contributed by atoms with Gasteiger partial charge in [-0.1, -0.05) is 32.9 Å². The molecule has 1 rings (SSSR count). The van der Waals surface area contributed by atoms with E-state index >= 15 is 0 Å². The molecule has 0 aliphatic heterocycles. The highest BCUT2D eigenvalue weighted by atomic mass is 16.6. The van der Waals surface area contributed by atoms with Crippen molar-refractivity contribution in [3.05, 3.63) is 39.9 Å². The van der Waals surface area contributed by atoms with Crippen molar-refractivity contribution in [1.82, 2.24) is 0 Å². The molecular weight excluding hydrogens is 230 g/mol. The Labute approximate surface area is 108 Å². The van der Waals surface area contributed by atoms with Crippen LogP contribution in [0, 0.1) is 15.5 Å². The first-order valence-electron chi connectivity index (χ1n) is 6.22. The molecule has 0 bridgehead atoms. The van der Waals surface area contributed by atoms with Gasteiger partial charge in [-0.05, 0) is 30.2 Å². The number of aliphatic hydroxyl groups excluding tert-OH is 1. The molecule has 4 heteroatoms. The smallest absolute Gasteiger partial charge is 0.269 e. The lowest BCUT2D eigenvalue weighted by atomic mass is 9.86. The van der Waals surface area contributed by atoms with Crippen molar-refractivity contribution in [3.8, 4) is 0 Å². The van der Waals surface area contributed by atoms with Gasteiger partial charge in [0.2, 0.25) is 0 Å². The largest absolute Gasteiger partial charge is 0.393 e. The molecule has 0 saturated carbocycles. The zero-order chi connectivity index (χ0) is 13.8. The third-order valence-corrected chi connectivity index (χ3v) is 3.09. The number of rotatable bonds is 5. The van der Waals surface area contributed by atoms with Gasteiger partial charge in [-0.15, -0.1) is 0 Å². The molecule has 1 atom stereocenters. The van der Waals surface area contributed by atoms with Gasteiger partial charge in [0.25, 0.3) is 5.69 Å². The maximum atomic E-state index is 10.5. The Balaban J connectivity index is 2.43. The van der Waals surface area contributed by atoms with Crippen molar-refractivity contribution in [2.24, 2.45) is 5.41 Å². The van der Waals surface area contributed by atoms with Crippen LogP contribution < -0.4 is 0 Å². The summed E-state index contributed by atoms with van der Waals surface area (Å²) in [4.78, 5) is 10.1. The molecule has 0 aliphatic carbocycles. The predicted molar refractivity (Wildman–Crippen MR) is 71.5 cm³/mol. The van der Waals surface area contributed by atoms with E-state index in [4.69, 9.17) is 0 Å². The minimum absolute atomic E-state index is 0.0878. The summed E-state index contributed by atoms with van der Waals surface area (Å²) >= 11 is 0. The molecule has 0 fully saturated rings. The number of aryl methyl sites for hydroxylation is 1. The Bertz CT molecular complexity index is 392. The third kappa shape index (κ3) is 4.45. The summed E-state index contributed by atoms with van der Waals surface area (Å²) in [5.41, 5.74) is 1.10. The van der Waals surface area contributed by atoms with Gasteiger partial charge in [-0.25, -0.2) is 0 Å². The Kier molecular flexibility index (Phi) is 4.84. The fourth-order valence-electron chi connectivity index (χ4n) is 1.72. The second kappa shape index (κ2) is 5.96. The first kappa shape index (κ1) is 14.6. The number of nitro benzene ring substituents is 1. The van der Waals surface area contributed by atoms with Crippen LogP contribution in [-0.2, 0) is 6.42 Å². The van der Waals surface area contributed by atoms with Crippen molar-refractivity contribution in [2.45, 2.75) is 46.1 Å². The molecule has 0 aliphatic rings. The van der Waals surface area contributed by atoms with Crippen LogP contribution in [0.25, 0.3) is 0 Å². The van der Waals surface area contributed by atoms with E-state index in [0.717, 1.165) is 24.8 Å². The second-order valence-electron chi connectivity index (χ2n) is 5.70. The number of nitro groups is 1. The first-order valence-corrected chi connectivity index (χ1v) is 6.22. The molecule has 1 aromatic rings. The van der Waals surface area contributed by atoms with E-state index in [9.17, 15) is 15.2 Å². The third-order valence-electron chi connectivity index (χ3n) is 3.09. The van der Waals surface area contributed by atoms with Gasteiger partial charge in [0.05, 0.1) is 11.0 Å². The minimum atomic E-state index is -0.396. The minimum Gasteiger partial charge on any atom is -0.393 e. The van der Waals surface area contributed by atoms with Gasteiger partial charge >= 0.3 is 0 Å². The van der Waals surface area contributed by atoms with Gasteiger partial charge in [0.1, 0.15) is 0 Å². The number of nitrogens with zero attached hydrogens (tertiary/aromatic N) is 1. The fourth-order valence-corrected chi connectivity index (χ4v) is 1.72. The van der Waals surface area contributed by atoms with Crippen LogP contribution in [0.1, 0.15) is 39.2 Å². The molecule has 1 unspecified atom stereocenters. The molecule has 0 spiro atoms. The molecule has 0 saturated heterocycles. The number of benzene rings is 1. The van der Waals surface area contributed by atoms with E-state index in [1.165, 1.54) is 12.1 Å². The lowest BCUT2D eigenvalue weighted by Crippen LogP contribution is -2.25. The normalized spacial score (nSPS) is 13.3. The topological polar surface area (TPSA) is 63.4 Å². The summed E-state index contributed by atoms with van der Waals surface area (Å²) in [6.07, 6.45) is 2.16. The highest BCUT2D eigenvalue weighted by molar-refractivity contribution is 5.32. The van der Waals surface area contributed by atoms with E-state index in [0.29, 0.717) is 0 Å². The van der Waals surface area contributed by atoms with Gasteiger partial charge in [-0.2, -0.15) is 0 Å². The predicted octanol–water partition coefficient (Wildman–Crippen LogP) is 3.32. The highest BCUT2D eigenvalue weighted by Gasteiger charge is 2.21. The summed E-state index contributed by atoms with van der Waals surface area (Å²) in [6, 6.07) is 6.61. The fraction of sp³-hybridized carbons (Fsp3) is 0.571. The number of non-ortho nitro benzene ring substituents is 1. The summed E-state index contributed by atoms with van der Waals surface area (Å²) < 4.78 is 0. The summed E-state index contributed by atoms with van der Waals surface area (Å²) in [5.74, 6) is 0. The van der Waals surface area contributed by atoms with E-state index in [1.807, 2.05) is 20.8 Å². The van der Waals surface area contributed by atoms with Crippen molar-refractivity contribution >= 4 is 5.69 Å². The zero-order valence-corrected chi connectivity index (χ0v) is 11.2. The molecule has 0 aromatic heterocycles. The molecule has 0 heterocycles. The Morgan fingerprint density at radius 1 is 1.28 bits per heavy atom. The quantitative estimate of drug-likeness (QED) is 0.645. The Morgan fingerprint density at radius 2 is 1.83 bits per heavy atom. The van der Waals surface area contributed by atoms with Crippen LogP contribution in [0.5, 0.6) is 0 Å². The van der Waals surface area contributed by atoms with Crippen molar-refractivity contribution in [1.29, 1.82) is 0 Å². The molecule has 1 N–H and O–H groups in total. The van der Waals surface area contributed by atoms with Gasteiger partial charge in [0, 0.05) is 12.1 Å². The van der Waals surface area contributed by atoms with Crippen LogP contribution in [0.4, 0.5) is 5.69 Å². The van der Waals surface area contributed by atoms with E-state index < -0.39 is 4.92 Å². The molecule has 4 nitrogen and oxygen atoms in total. The monoisotopic (exact) mass is 251 g/mol.